The van der Waals surface area contributed by atoms with E-state index in [2.05, 4.69) is 31.7 Å². The number of hydrogen-bond donors (Lipinski definition) is 2. The van der Waals surface area contributed by atoms with Crippen LogP contribution in [0.2, 0.25) is 0 Å². The third kappa shape index (κ3) is 3.13. The van der Waals surface area contributed by atoms with E-state index in [4.69, 9.17) is 5.26 Å². The number of rotatable bonds is 5. The monoisotopic (exact) mass is 350 g/mol. The first-order valence-electron chi connectivity index (χ1n) is 8.45. The van der Waals surface area contributed by atoms with E-state index in [1.165, 1.54) is 28.7 Å². The van der Waals surface area contributed by atoms with Gasteiger partial charge in [0.1, 0.15) is 28.9 Å². The molecule has 0 saturated carbocycles. The third-order valence-electron chi connectivity index (χ3n) is 4.39. The minimum Gasteiger partial charge on any atom is -0.368 e. The molecule has 0 bridgehead atoms. The number of nitrogens with zero attached hydrogens (tertiary/aromatic N) is 4. The summed E-state index contributed by atoms with van der Waals surface area (Å²) in [4.78, 5) is 15.7. The van der Waals surface area contributed by atoms with Crippen LogP contribution in [0.3, 0.4) is 0 Å². The van der Waals surface area contributed by atoms with Crippen LogP contribution in [0.5, 0.6) is 0 Å². The molecule has 0 amide bonds. The quantitative estimate of drug-likeness (QED) is 0.686. The Hall–Kier alpha value is -2.72. The van der Waals surface area contributed by atoms with Gasteiger partial charge in [-0.3, -0.25) is 0 Å². The summed E-state index contributed by atoms with van der Waals surface area (Å²) in [6.07, 6.45) is 8.11. The molecule has 0 saturated heterocycles. The molecule has 0 radical (unpaired) electrons. The fraction of sp³-hybridized carbons (Fsp3) is 0.333. The van der Waals surface area contributed by atoms with E-state index in [0.29, 0.717) is 24.5 Å². The Bertz CT molecular complexity index is 942. The molecular formula is C18H18N6S. The van der Waals surface area contributed by atoms with Gasteiger partial charge in [0.15, 0.2) is 0 Å². The number of aryl methyl sites for hydroxylation is 2. The van der Waals surface area contributed by atoms with Crippen LogP contribution in [-0.2, 0) is 12.8 Å². The molecule has 6 nitrogen and oxygen atoms in total. The largest absolute Gasteiger partial charge is 0.368 e. The number of fused-ring (bicyclic) bond motifs is 3. The Labute approximate surface area is 150 Å². The molecule has 1 aliphatic carbocycles. The van der Waals surface area contributed by atoms with Crippen molar-refractivity contribution in [2.24, 2.45) is 0 Å². The van der Waals surface area contributed by atoms with Crippen molar-refractivity contribution in [1.82, 2.24) is 15.0 Å². The normalized spacial score (nSPS) is 13.2. The van der Waals surface area contributed by atoms with Gasteiger partial charge >= 0.3 is 0 Å². The lowest BCUT2D eigenvalue weighted by molar-refractivity contribution is 0.700. The molecule has 0 atom stereocenters. The van der Waals surface area contributed by atoms with Gasteiger partial charge in [0, 0.05) is 24.2 Å². The maximum absolute atomic E-state index is 9.10. The van der Waals surface area contributed by atoms with E-state index in [9.17, 15) is 0 Å². The molecule has 0 unspecified atom stereocenters. The van der Waals surface area contributed by atoms with Crippen molar-refractivity contribution in [3.8, 4) is 6.07 Å². The lowest BCUT2D eigenvalue weighted by Gasteiger charge is -2.13. The first-order valence-corrected chi connectivity index (χ1v) is 9.26. The summed E-state index contributed by atoms with van der Waals surface area (Å²) >= 11 is 1.80. The Kier molecular flexibility index (Phi) is 4.44. The van der Waals surface area contributed by atoms with Gasteiger partial charge in [-0.25, -0.2) is 15.0 Å². The highest BCUT2D eigenvalue weighted by atomic mass is 32.1. The van der Waals surface area contributed by atoms with Crippen LogP contribution in [0.1, 0.15) is 28.8 Å². The molecule has 0 aromatic carbocycles. The molecule has 3 heterocycles. The summed E-state index contributed by atoms with van der Waals surface area (Å²) in [7, 11) is 0. The standard InChI is InChI=1S/C18H18N6S/c19-10-12-4-3-7-20-16(12)21-8-9-22-17-15-13-5-1-2-6-14(13)25-18(15)24-11-23-17/h3-4,7,11H,1-2,5-6,8-9H2,(H,20,21)(H,22,23,24). The fourth-order valence-electron chi connectivity index (χ4n) is 3.22. The zero-order valence-electron chi connectivity index (χ0n) is 13.7. The van der Waals surface area contributed by atoms with Crippen molar-refractivity contribution < 1.29 is 0 Å². The summed E-state index contributed by atoms with van der Waals surface area (Å²) < 4.78 is 0. The van der Waals surface area contributed by atoms with Gasteiger partial charge in [-0.1, -0.05) is 0 Å². The van der Waals surface area contributed by atoms with Crippen LogP contribution in [0.15, 0.2) is 24.7 Å². The number of nitriles is 1. The van der Waals surface area contributed by atoms with Crippen LogP contribution in [0.25, 0.3) is 10.2 Å². The molecule has 3 aromatic rings. The summed E-state index contributed by atoms with van der Waals surface area (Å²) in [5.41, 5.74) is 1.98. The lowest BCUT2D eigenvalue weighted by atomic mass is 9.97. The average molecular weight is 350 g/mol. The van der Waals surface area contributed by atoms with Crippen LogP contribution in [0.4, 0.5) is 11.6 Å². The Morgan fingerprint density at radius 2 is 1.92 bits per heavy atom. The lowest BCUT2D eigenvalue weighted by Crippen LogP contribution is -2.16. The molecule has 126 valence electrons. The maximum Gasteiger partial charge on any atom is 0.143 e. The molecular weight excluding hydrogens is 332 g/mol. The first kappa shape index (κ1) is 15.8. The summed E-state index contributed by atoms with van der Waals surface area (Å²) in [5, 5.41) is 16.9. The minimum absolute atomic E-state index is 0.554. The topological polar surface area (TPSA) is 86.5 Å². The maximum atomic E-state index is 9.10. The first-order chi connectivity index (χ1) is 12.4. The van der Waals surface area contributed by atoms with Gasteiger partial charge in [-0.2, -0.15) is 5.26 Å². The molecule has 25 heavy (non-hydrogen) atoms. The van der Waals surface area contributed by atoms with Gasteiger partial charge in [0.2, 0.25) is 0 Å². The second-order valence-corrected chi connectivity index (χ2v) is 7.06. The van der Waals surface area contributed by atoms with Gasteiger partial charge < -0.3 is 10.6 Å². The molecule has 0 aliphatic heterocycles. The van der Waals surface area contributed by atoms with Crippen LogP contribution < -0.4 is 10.6 Å². The average Bonchev–Trinajstić information content (AvgIpc) is 3.05. The second kappa shape index (κ2) is 7.03. The number of thiophene rings is 1. The van der Waals surface area contributed by atoms with Crippen LogP contribution in [0, 0.1) is 11.3 Å². The fourth-order valence-corrected chi connectivity index (χ4v) is 4.45. The van der Waals surface area contributed by atoms with Crippen LogP contribution >= 0.6 is 11.3 Å². The number of anilines is 2. The minimum atomic E-state index is 0.554. The van der Waals surface area contributed by atoms with Gasteiger partial charge in [0.05, 0.1) is 10.9 Å². The highest BCUT2D eigenvalue weighted by molar-refractivity contribution is 7.19. The predicted octanol–water partition coefficient (Wildman–Crippen LogP) is 3.36. The van der Waals surface area contributed by atoms with E-state index in [1.54, 1.807) is 36.0 Å². The molecule has 0 spiro atoms. The van der Waals surface area contributed by atoms with E-state index in [0.717, 1.165) is 23.5 Å². The molecule has 1 aliphatic rings. The summed E-state index contributed by atoms with van der Waals surface area (Å²) in [6.45, 7) is 1.35. The van der Waals surface area contributed by atoms with Crippen molar-refractivity contribution >= 4 is 33.2 Å². The van der Waals surface area contributed by atoms with E-state index in [-0.39, 0.29) is 0 Å². The van der Waals surface area contributed by atoms with E-state index < -0.39 is 0 Å². The predicted molar refractivity (Wildman–Crippen MR) is 100.0 cm³/mol. The Morgan fingerprint density at radius 1 is 1.08 bits per heavy atom. The number of pyridine rings is 1. The Morgan fingerprint density at radius 3 is 2.80 bits per heavy atom. The molecule has 7 heteroatoms. The highest BCUT2D eigenvalue weighted by Gasteiger charge is 2.19. The van der Waals surface area contributed by atoms with E-state index >= 15 is 0 Å². The smallest absolute Gasteiger partial charge is 0.143 e. The number of nitrogens with one attached hydrogen (secondary N) is 2. The van der Waals surface area contributed by atoms with Gasteiger partial charge in [0.25, 0.3) is 0 Å². The van der Waals surface area contributed by atoms with Crippen molar-refractivity contribution in [2.75, 3.05) is 23.7 Å². The zero-order chi connectivity index (χ0) is 17.1. The number of hydrogen-bond acceptors (Lipinski definition) is 7. The molecule has 4 rings (SSSR count). The Balaban J connectivity index is 1.47. The van der Waals surface area contributed by atoms with Crippen molar-refractivity contribution in [3.63, 3.8) is 0 Å². The molecule has 0 fully saturated rings. The molecule has 3 aromatic heterocycles. The van der Waals surface area contributed by atoms with Crippen LogP contribution in [-0.4, -0.2) is 28.0 Å². The third-order valence-corrected chi connectivity index (χ3v) is 5.59. The number of aromatic nitrogens is 3. The van der Waals surface area contributed by atoms with Crippen molar-refractivity contribution in [3.05, 3.63) is 40.7 Å². The highest BCUT2D eigenvalue weighted by Crippen LogP contribution is 2.37. The van der Waals surface area contributed by atoms with Crippen molar-refractivity contribution in [1.29, 1.82) is 5.26 Å². The van der Waals surface area contributed by atoms with Gasteiger partial charge in [-0.15, -0.1) is 11.3 Å². The summed E-state index contributed by atoms with van der Waals surface area (Å²) in [5.74, 6) is 1.53. The zero-order valence-corrected chi connectivity index (χ0v) is 14.6. The van der Waals surface area contributed by atoms with Crippen molar-refractivity contribution in [2.45, 2.75) is 25.7 Å². The second-order valence-electron chi connectivity index (χ2n) is 5.98. The van der Waals surface area contributed by atoms with E-state index in [1.807, 2.05) is 0 Å². The molecule has 2 N–H and O–H groups in total. The summed E-state index contributed by atoms with van der Waals surface area (Å²) in [6, 6.07) is 5.67. The SMILES string of the molecule is N#Cc1cccnc1NCCNc1ncnc2sc3c(c12)CCCC3. The van der Waals surface area contributed by atoms with Gasteiger partial charge in [-0.05, 0) is 43.4 Å².